The van der Waals surface area contributed by atoms with Gasteiger partial charge in [-0.3, -0.25) is 0 Å². The van der Waals surface area contributed by atoms with Crippen LogP contribution in [0.3, 0.4) is 0 Å². The Bertz CT molecular complexity index is 615. The zero-order chi connectivity index (χ0) is 17.3. The maximum Gasteiger partial charge on any atom is 0.191 e. The summed E-state index contributed by atoms with van der Waals surface area (Å²) >= 11 is 0. The van der Waals surface area contributed by atoms with E-state index < -0.39 is 9.84 Å². The van der Waals surface area contributed by atoms with Crippen molar-refractivity contribution in [1.29, 1.82) is 0 Å². The van der Waals surface area contributed by atoms with Crippen molar-refractivity contribution in [3.05, 3.63) is 29.8 Å². The maximum atomic E-state index is 11.1. The van der Waals surface area contributed by atoms with Crippen LogP contribution in [0, 0.1) is 6.92 Å². The molecule has 1 aromatic carbocycles. The van der Waals surface area contributed by atoms with Crippen LogP contribution in [0.25, 0.3) is 0 Å². The molecule has 0 fully saturated rings. The molecule has 6 nitrogen and oxygen atoms in total. The van der Waals surface area contributed by atoms with E-state index in [0.717, 1.165) is 11.3 Å². The number of aliphatic imine (C=N–C) groups is 1. The van der Waals surface area contributed by atoms with Crippen LogP contribution in [0.15, 0.2) is 29.3 Å². The third-order valence-electron chi connectivity index (χ3n) is 2.94. The topological polar surface area (TPSA) is 79.8 Å². The predicted octanol–water partition coefficient (Wildman–Crippen LogP) is 1.36. The molecule has 0 aromatic heterocycles. The molecule has 0 bridgehead atoms. The van der Waals surface area contributed by atoms with Gasteiger partial charge in [0.1, 0.15) is 21.7 Å². The minimum absolute atomic E-state index is 0.0762. The monoisotopic (exact) mass is 341 g/mol. The SMILES string of the molecule is CCNC(=NCC(C)Oc1cccc(C)c1)NCCS(C)(=O)=O. The second-order valence-corrected chi connectivity index (χ2v) is 7.78. The molecule has 1 rings (SSSR count). The summed E-state index contributed by atoms with van der Waals surface area (Å²) in [5.74, 6) is 1.49. The molecule has 7 heteroatoms. The van der Waals surface area contributed by atoms with Crippen molar-refractivity contribution in [3.63, 3.8) is 0 Å². The lowest BCUT2D eigenvalue weighted by Gasteiger charge is -2.15. The lowest BCUT2D eigenvalue weighted by molar-refractivity contribution is 0.230. The normalized spacial score (nSPS) is 13.5. The minimum atomic E-state index is -2.98. The largest absolute Gasteiger partial charge is 0.489 e. The highest BCUT2D eigenvalue weighted by atomic mass is 32.2. The van der Waals surface area contributed by atoms with E-state index in [9.17, 15) is 8.42 Å². The zero-order valence-corrected chi connectivity index (χ0v) is 15.1. The number of nitrogens with zero attached hydrogens (tertiary/aromatic N) is 1. The first-order valence-electron chi connectivity index (χ1n) is 7.73. The quantitative estimate of drug-likeness (QED) is 0.551. The third-order valence-corrected chi connectivity index (χ3v) is 3.89. The molecule has 130 valence electrons. The Morgan fingerprint density at radius 2 is 2.09 bits per heavy atom. The molecular weight excluding hydrogens is 314 g/mol. The molecule has 0 amide bonds. The number of guanidine groups is 1. The number of hydrogen-bond donors (Lipinski definition) is 2. The van der Waals surface area contributed by atoms with Crippen molar-refractivity contribution in [2.24, 2.45) is 4.99 Å². The summed E-state index contributed by atoms with van der Waals surface area (Å²) in [5.41, 5.74) is 1.15. The van der Waals surface area contributed by atoms with Gasteiger partial charge in [0.25, 0.3) is 0 Å². The highest BCUT2D eigenvalue weighted by Crippen LogP contribution is 2.14. The van der Waals surface area contributed by atoms with Crippen LogP contribution in [0.1, 0.15) is 19.4 Å². The second-order valence-electron chi connectivity index (χ2n) is 5.52. The van der Waals surface area contributed by atoms with Crippen molar-refractivity contribution in [2.75, 3.05) is 31.6 Å². The molecule has 0 saturated heterocycles. The molecule has 0 heterocycles. The van der Waals surface area contributed by atoms with E-state index in [-0.39, 0.29) is 11.9 Å². The van der Waals surface area contributed by atoms with E-state index >= 15 is 0 Å². The molecule has 0 aliphatic heterocycles. The summed E-state index contributed by atoms with van der Waals surface area (Å²) in [6.07, 6.45) is 1.14. The van der Waals surface area contributed by atoms with Gasteiger partial charge < -0.3 is 15.4 Å². The van der Waals surface area contributed by atoms with E-state index in [1.54, 1.807) is 0 Å². The van der Waals surface area contributed by atoms with E-state index in [2.05, 4.69) is 15.6 Å². The van der Waals surface area contributed by atoms with E-state index in [4.69, 9.17) is 4.74 Å². The van der Waals surface area contributed by atoms with Gasteiger partial charge in [0.05, 0.1) is 12.3 Å². The Morgan fingerprint density at radius 1 is 1.35 bits per heavy atom. The van der Waals surface area contributed by atoms with Gasteiger partial charge in [-0.25, -0.2) is 13.4 Å². The van der Waals surface area contributed by atoms with E-state index in [1.165, 1.54) is 6.26 Å². The number of benzene rings is 1. The summed E-state index contributed by atoms with van der Waals surface area (Å²) in [6, 6.07) is 7.88. The standard InChI is InChI=1S/C16H27N3O3S/c1-5-17-16(18-9-10-23(4,20)21)19-12-14(3)22-15-8-6-7-13(2)11-15/h6-8,11,14H,5,9-10,12H2,1-4H3,(H2,17,18,19). The van der Waals surface area contributed by atoms with Crippen molar-refractivity contribution >= 4 is 15.8 Å². The average Bonchev–Trinajstić information content (AvgIpc) is 2.43. The third kappa shape index (κ3) is 9.07. The number of rotatable bonds is 8. The summed E-state index contributed by atoms with van der Waals surface area (Å²) in [6.45, 7) is 7.44. The molecule has 1 aromatic rings. The van der Waals surface area contributed by atoms with Gasteiger partial charge in [-0.05, 0) is 38.5 Å². The molecule has 1 atom stereocenters. The van der Waals surface area contributed by atoms with Crippen molar-refractivity contribution in [1.82, 2.24) is 10.6 Å². The molecule has 0 aliphatic carbocycles. The summed E-state index contributed by atoms with van der Waals surface area (Å²) in [5, 5.41) is 6.10. The predicted molar refractivity (Wildman–Crippen MR) is 95.0 cm³/mol. The fourth-order valence-electron chi connectivity index (χ4n) is 1.87. The van der Waals surface area contributed by atoms with Crippen LogP contribution in [0.4, 0.5) is 0 Å². The molecule has 0 aliphatic rings. The smallest absolute Gasteiger partial charge is 0.191 e. The first-order valence-corrected chi connectivity index (χ1v) is 9.79. The van der Waals surface area contributed by atoms with Crippen LogP contribution in [0.2, 0.25) is 0 Å². The van der Waals surface area contributed by atoms with Crippen LogP contribution >= 0.6 is 0 Å². The molecule has 0 spiro atoms. The first-order chi connectivity index (χ1) is 10.8. The van der Waals surface area contributed by atoms with E-state index in [0.29, 0.717) is 25.6 Å². The molecule has 23 heavy (non-hydrogen) atoms. The van der Waals surface area contributed by atoms with Crippen molar-refractivity contribution in [3.8, 4) is 5.75 Å². The zero-order valence-electron chi connectivity index (χ0n) is 14.3. The van der Waals surface area contributed by atoms with E-state index in [1.807, 2.05) is 45.0 Å². The Balaban J connectivity index is 2.51. The van der Waals surface area contributed by atoms with Gasteiger partial charge in [-0.15, -0.1) is 0 Å². The summed E-state index contributed by atoms with van der Waals surface area (Å²) in [7, 11) is -2.98. The Labute approximate surface area is 139 Å². The summed E-state index contributed by atoms with van der Waals surface area (Å²) < 4.78 is 28.1. The minimum Gasteiger partial charge on any atom is -0.489 e. The maximum absolute atomic E-state index is 11.1. The molecular formula is C16H27N3O3S. The number of sulfone groups is 1. The van der Waals surface area contributed by atoms with Gasteiger partial charge >= 0.3 is 0 Å². The van der Waals surface area contributed by atoms with Gasteiger partial charge in [-0.2, -0.15) is 0 Å². The van der Waals surface area contributed by atoms with Crippen LogP contribution in [0.5, 0.6) is 5.75 Å². The fraction of sp³-hybridized carbons (Fsp3) is 0.562. The van der Waals surface area contributed by atoms with Gasteiger partial charge in [0, 0.05) is 19.3 Å². The van der Waals surface area contributed by atoms with Crippen LogP contribution in [-0.2, 0) is 9.84 Å². The Hall–Kier alpha value is -1.76. The second kappa shape index (κ2) is 9.39. The van der Waals surface area contributed by atoms with Crippen LogP contribution < -0.4 is 15.4 Å². The van der Waals surface area contributed by atoms with Gasteiger partial charge in [0.2, 0.25) is 0 Å². The molecule has 1 unspecified atom stereocenters. The fourth-order valence-corrected chi connectivity index (χ4v) is 2.35. The molecule has 2 N–H and O–H groups in total. The molecule has 0 saturated carbocycles. The number of aryl methyl sites for hydroxylation is 1. The number of hydrogen-bond acceptors (Lipinski definition) is 4. The Morgan fingerprint density at radius 3 is 2.70 bits per heavy atom. The van der Waals surface area contributed by atoms with Crippen molar-refractivity contribution < 1.29 is 13.2 Å². The highest BCUT2D eigenvalue weighted by Gasteiger charge is 2.06. The van der Waals surface area contributed by atoms with Crippen LogP contribution in [-0.4, -0.2) is 52.1 Å². The van der Waals surface area contributed by atoms with Gasteiger partial charge in [-0.1, -0.05) is 12.1 Å². The lowest BCUT2D eigenvalue weighted by Crippen LogP contribution is -2.40. The number of nitrogens with one attached hydrogen (secondary N) is 2. The first kappa shape index (κ1) is 19.3. The average molecular weight is 341 g/mol. The summed E-state index contributed by atoms with van der Waals surface area (Å²) in [4.78, 5) is 4.43. The molecule has 0 radical (unpaired) electrons. The lowest BCUT2D eigenvalue weighted by atomic mass is 10.2. The van der Waals surface area contributed by atoms with Gasteiger partial charge in [0.15, 0.2) is 5.96 Å². The highest BCUT2D eigenvalue weighted by molar-refractivity contribution is 7.90. The van der Waals surface area contributed by atoms with Crippen molar-refractivity contribution in [2.45, 2.75) is 26.9 Å². The number of ether oxygens (including phenoxy) is 1. The Kier molecular flexibility index (Phi) is 7.88.